The van der Waals surface area contributed by atoms with Crippen molar-refractivity contribution in [2.75, 3.05) is 13.7 Å². The average molecular weight is 277 g/mol. The lowest BCUT2D eigenvalue weighted by Crippen LogP contribution is -2.26. The summed E-state index contributed by atoms with van der Waals surface area (Å²) in [7, 11) is 1.85. The Morgan fingerprint density at radius 2 is 2.25 bits per heavy atom. The third-order valence-corrected chi connectivity index (χ3v) is 3.52. The molecule has 1 aromatic rings. The van der Waals surface area contributed by atoms with Gasteiger partial charge in [-0.3, -0.25) is 4.79 Å². The molecule has 0 spiro atoms. The molecule has 4 nitrogen and oxygen atoms in total. The molecule has 4 heteroatoms. The summed E-state index contributed by atoms with van der Waals surface area (Å²) in [5, 5.41) is 3.18. The second-order valence-electron chi connectivity index (χ2n) is 5.72. The van der Waals surface area contributed by atoms with Gasteiger partial charge in [0.15, 0.2) is 0 Å². The molecule has 0 bridgehead atoms. The van der Waals surface area contributed by atoms with Gasteiger partial charge in [0.25, 0.3) is 0 Å². The molecule has 0 amide bonds. The van der Waals surface area contributed by atoms with Crippen molar-refractivity contribution in [3.63, 3.8) is 0 Å². The van der Waals surface area contributed by atoms with E-state index >= 15 is 0 Å². The third-order valence-electron chi connectivity index (χ3n) is 3.52. The van der Waals surface area contributed by atoms with Gasteiger partial charge in [0, 0.05) is 18.0 Å². The number of hydrogen-bond acceptors (Lipinski definition) is 4. The van der Waals surface area contributed by atoms with Crippen LogP contribution in [0.3, 0.4) is 0 Å². The van der Waals surface area contributed by atoms with Crippen LogP contribution in [0.1, 0.15) is 44.4 Å². The van der Waals surface area contributed by atoms with E-state index in [1.54, 1.807) is 0 Å². The number of nitrogens with one attached hydrogen (secondary N) is 1. The van der Waals surface area contributed by atoms with Crippen LogP contribution in [0, 0.1) is 0 Å². The van der Waals surface area contributed by atoms with Crippen molar-refractivity contribution in [1.29, 1.82) is 0 Å². The maximum atomic E-state index is 11.7. The lowest BCUT2D eigenvalue weighted by molar-refractivity contribution is -0.143. The van der Waals surface area contributed by atoms with Crippen LogP contribution in [0.4, 0.5) is 0 Å². The molecule has 0 aromatic heterocycles. The average Bonchev–Trinajstić information content (AvgIpc) is 2.70. The fourth-order valence-electron chi connectivity index (χ4n) is 2.67. The molecule has 1 heterocycles. The fourth-order valence-corrected chi connectivity index (χ4v) is 2.67. The molecular formula is C16H23NO3. The summed E-state index contributed by atoms with van der Waals surface area (Å²) in [5.74, 6) is 0.725. The molecule has 0 saturated heterocycles. The molecule has 0 fully saturated rings. The van der Waals surface area contributed by atoms with E-state index in [4.69, 9.17) is 9.47 Å². The van der Waals surface area contributed by atoms with Gasteiger partial charge in [0.2, 0.25) is 0 Å². The van der Waals surface area contributed by atoms with Crippen LogP contribution in [0.25, 0.3) is 0 Å². The zero-order valence-corrected chi connectivity index (χ0v) is 12.7. The molecular weight excluding hydrogens is 254 g/mol. The highest BCUT2D eigenvalue weighted by molar-refractivity contribution is 5.70. The molecule has 1 N–H and O–H groups in total. The Balaban J connectivity index is 2.24. The van der Waals surface area contributed by atoms with Crippen LogP contribution in [-0.4, -0.2) is 25.2 Å². The minimum absolute atomic E-state index is 0.0853. The van der Waals surface area contributed by atoms with Gasteiger partial charge in [0.05, 0.1) is 13.0 Å². The van der Waals surface area contributed by atoms with Crippen LogP contribution in [-0.2, 0) is 16.0 Å². The number of rotatable bonds is 5. The van der Waals surface area contributed by atoms with Crippen LogP contribution in [0.5, 0.6) is 5.75 Å². The maximum Gasteiger partial charge on any atom is 0.307 e. The lowest BCUT2D eigenvalue weighted by Gasteiger charge is -2.21. The topological polar surface area (TPSA) is 47.6 Å². The van der Waals surface area contributed by atoms with Crippen LogP contribution in [0.15, 0.2) is 18.2 Å². The largest absolute Gasteiger partial charge is 0.487 e. The Hall–Kier alpha value is -1.55. The van der Waals surface area contributed by atoms with E-state index in [9.17, 15) is 4.79 Å². The molecule has 0 saturated carbocycles. The second-order valence-corrected chi connectivity index (χ2v) is 5.72. The summed E-state index contributed by atoms with van der Waals surface area (Å²) in [4.78, 5) is 11.7. The predicted molar refractivity (Wildman–Crippen MR) is 77.9 cm³/mol. The summed E-state index contributed by atoms with van der Waals surface area (Å²) in [5.41, 5.74) is 2.06. The normalized spacial score (nSPS) is 17.2. The number of hydrogen-bond donors (Lipinski definition) is 1. The summed E-state index contributed by atoms with van der Waals surface area (Å²) >= 11 is 0. The van der Waals surface area contributed by atoms with Gasteiger partial charge in [-0.15, -0.1) is 0 Å². The van der Waals surface area contributed by atoms with Gasteiger partial charge in [-0.1, -0.05) is 18.2 Å². The molecule has 1 aliphatic heterocycles. The van der Waals surface area contributed by atoms with E-state index in [-0.39, 0.29) is 17.6 Å². The Kier molecular flexibility index (Phi) is 4.33. The number of esters is 1. The van der Waals surface area contributed by atoms with Crippen LogP contribution < -0.4 is 10.1 Å². The number of ether oxygens (including phenoxy) is 2. The Bertz CT molecular complexity index is 496. The zero-order valence-electron chi connectivity index (χ0n) is 12.7. The van der Waals surface area contributed by atoms with Gasteiger partial charge in [-0.25, -0.2) is 0 Å². The lowest BCUT2D eigenvalue weighted by atomic mass is 9.97. The van der Waals surface area contributed by atoms with E-state index in [0.29, 0.717) is 13.0 Å². The molecule has 0 radical (unpaired) electrons. The number of benzene rings is 1. The Morgan fingerprint density at radius 1 is 1.50 bits per heavy atom. The first-order valence-corrected chi connectivity index (χ1v) is 7.10. The highest BCUT2D eigenvalue weighted by Gasteiger charge is 2.33. The van der Waals surface area contributed by atoms with E-state index < -0.39 is 0 Å². The first kappa shape index (κ1) is 14.9. The van der Waals surface area contributed by atoms with Crippen molar-refractivity contribution in [3.8, 4) is 5.75 Å². The van der Waals surface area contributed by atoms with Gasteiger partial charge in [-0.2, -0.15) is 0 Å². The van der Waals surface area contributed by atoms with Crippen molar-refractivity contribution in [3.05, 3.63) is 29.3 Å². The van der Waals surface area contributed by atoms with E-state index in [0.717, 1.165) is 17.7 Å². The SMILES string of the molecule is CCOC(=O)CC(NC)c1cccc2c1OC(C)(C)C2. The molecule has 0 aliphatic carbocycles. The number of carbonyl (C=O) groups excluding carboxylic acids is 1. The van der Waals surface area contributed by atoms with Gasteiger partial charge < -0.3 is 14.8 Å². The van der Waals surface area contributed by atoms with Crippen LogP contribution in [0.2, 0.25) is 0 Å². The minimum atomic E-state index is -0.193. The standard InChI is InChI=1S/C16H23NO3/c1-5-19-14(18)9-13(17-4)12-8-6-7-11-10-16(2,3)20-15(11)12/h6-8,13,17H,5,9-10H2,1-4H3. The molecule has 1 atom stereocenters. The van der Waals surface area contributed by atoms with Crippen LogP contribution >= 0.6 is 0 Å². The second kappa shape index (κ2) is 5.83. The highest BCUT2D eigenvalue weighted by atomic mass is 16.5. The Labute approximate surface area is 120 Å². The quantitative estimate of drug-likeness (QED) is 0.840. The van der Waals surface area contributed by atoms with E-state index in [2.05, 4.69) is 25.2 Å². The highest BCUT2D eigenvalue weighted by Crippen LogP contribution is 2.40. The van der Waals surface area contributed by atoms with Gasteiger partial charge >= 0.3 is 5.97 Å². The summed E-state index contributed by atoms with van der Waals surface area (Å²) in [6, 6.07) is 6.04. The number of carbonyl (C=O) groups is 1. The summed E-state index contributed by atoms with van der Waals surface area (Å²) in [6.07, 6.45) is 1.20. The summed E-state index contributed by atoms with van der Waals surface area (Å²) < 4.78 is 11.1. The molecule has 110 valence electrons. The van der Waals surface area contributed by atoms with E-state index in [1.807, 2.05) is 26.1 Å². The zero-order chi connectivity index (χ0) is 14.8. The van der Waals surface area contributed by atoms with Gasteiger partial charge in [-0.05, 0) is 33.4 Å². The smallest absolute Gasteiger partial charge is 0.307 e. The third kappa shape index (κ3) is 3.12. The maximum absolute atomic E-state index is 11.7. The van der Waals surface area contributed by atoms with Crippen molar-refractivity contribution in [2.24, 2.45) is 0 Å². The van der Waals surface area contributed by atoms with Crippen molar-refractivity contribution in [1.82, 2.24) is 5.32 Å². The van der Waals surface area contributed by atoms with Crippen molar-refractivity contribution < 1.29 is 14.3 Å². The molecule has 2 rings (SSSR count). The Morgan fingerprint density at radius 3 is 2.90 bits per heavy atom. The van der Waals surface area contributed by atoms with E-state index in [1.165, 1.54) is 5.56 Å². The number of fused-ring (bicyclic) bond motifs is 1. The minimum Gasteiger partial charge on any atom is -0.487 e. The number of para-hydroxylation sites is 1. The fraction of sp³-hybridized carbons (Fsp3) is 0.562. The summed E-state index contributed by atoms with van der Waals surface area (Å²) in [6.45, 7) is 6.39. The first-order chi connectivity index (χ1) is 9.46. The molecule has 1 aromatic carbocycles. The molecule has 20 heavy (non-hydrogen) atoms. The molecule has 1 aliphatic rings. The predicted octanol–water partition coefficient (Wildman–Crippen LogP) is 2.61. The monoisotopic (exact) mass is 277 g/mol. The van der Waals surface area contributed by atoms with Crippen molar-refractivity contribution >= 4 is 5.97 Å². The first-order valence-electron chi connectivity index (χ1n) is 7.10. The van der Waals surface area contributed by atoms with Crippen molar-refractivity contribution in [2.45, 2.75) is 45.3 Å². The van der Waals surface area contributed by atoms with Gasteiger partial charge in [0.1, 0.15) is 11.4 Å². The molecule has 1 unspecified atom stereocenters.